The molecule has 0 bridgehead atoms. The zero-order chi connectivity index (χ0) is 24.8. The lowest BCUT2D eigenvalue weighted by Gasteiger charge is -2.48. The van der Waals surface area contributed by atoms with Crippen LogP contribution in [0.25, 0.3) is 0 Å². The monoisotopic (exact) mass is 493 g/mol. The molecule has 1 unspecified atom stereocenters. The van der Waals surface area contributed by atoms with Gasteiger partial charge in [0, 0.05) is 43.6 Å². The standard InChI is InChI=1S/C26H28FN5O4/c27-23-11-28-19(10-29-23)16-12-31(13-16)20-3-1-2-4-22(20)36-17-5-6-18-15(9-17)14-32(26(18)35)21-7-8-24(33)30-25(21)34/h5-6,9-11,16,20-22H,1-4,7-8,12-14H2,(H,30,33,34)/t20-,21?,22-/m1/s1. The Bertz CT molecular complexity index is 1200. The second kappa shape index (κ2) is 9.24. The van der Waals surface area contributed by atoms with E-state index in [-0.39, 0.29) is 30.3 Å². The molecule has 36 heavy (non-hydrogen) atoms. The fraction of sp³-hybridized carbons (Fsp3) is 0.500. The first kappa shape index (κ1) is 23.0. The number of amides is 3. The summed E-state index contributed by atoms with van der Waals surface area (Å²) in [6, 6.07) is 5.20. The van der Waals surface area contributed by atoms with Crippen molar-refractivity contribution in [3.05, 3.63) is 53.4 Å². The first-order valence-corrected chi connectivity index (χ1v) is 12.6. The molecule has 1 aromatic carbocycles. The second-order valence-corrected chi connectivity index (χ2v) is 10.1. The number of carbonyl (C=O) groups is 3. The van der Waals surface area contributed by atoms with Crippen LogP contribution in [0.3, 0.4) is 0 Å². The molecule has 6 rings (SSSR count). The first-order chi connectivity index (χ1) is 17.5. The minimum Gasteiger partial charge on any atom is -0.489 e. The molecule has 2 saturated heterocycles. The van der Waals surface area contributed by atoms with Gasteiger partial charge < -0.3 is 9.64 Å². The van der Waals surface area contributed by atoms with Crippen molar-refractivity contribution >= 4 is 17.7 Å². The largest absolute Gasteiger partial charge is 0.489 e. The second-order valence-electron chi connectivity index (χ2n) is 10.1. The van der Waals surface area contributed by atoms with Crippen molar-refractivity contribution < 1.29 is 23.5 Å². The van der Waals surface area contributed by atoms with Crippen LogP contribution in [-0.4, -0.2) is 68.8 Å². The van der Waals surface area contributed by atoms with Gasteiger partial charge in [-0.2, -0.15) is 4.39 Å². The van der Waals surface area contributed by atoms with E-state index in [2.05, 4.69) is 20.2 Å². The van der Waals surface area contributed by atoms with Crippen LogP contribution in [-0.2, 0) is 16.1 Å². The number of halogens is 1. The third-order valence-corrected chi connectivity index (χ3v) is 7.89. The molecule has 3 aliphatic heterocycles. The lowest BCUT2D eigenvalue weighted by molar-refractivity contribution is -0.136. The van der Waals surface area contributed by atoms with Gasteiger partial charge in [-0.25, -0.2) is 4.98 Å². The van der Waals surface area contributed by atoms with Crippen LogP contribution in [0.4, 0.5) is 4.39 Å². The molecule has 9 nitrogen and oxygen atoms in total. The highest BCUT2D eigenvalue weighted by Crippen LogP contribution is 2.36. The molecule has 3 amide bonds. The molecule has 3 atom stereocenters. The number of aromatic nitrogens is 2. The maximum absolute atomic E-state index is 13.1. The van der Waals surface area contributed by atoms with E-state index < -0.39 is 17.9 Å². The Balaban J connectivity index is 1.11. The van der Waals surface area contributed by atoms with E-state index in [0.29, 0.717) is 24.6 Å². The van der Waals surface area contributed by atoms with E-state index in [9.17, 15) is 18.8 Å². The normalized spacial score (nSPS) is 27.0. The lowest BCUT2D eigenvalue weighted by Crippen LogP contribution is -2.57. The number of imide groups is 1. The molecule has 1 N–H and O–H groups in total. The Labute approximate surface area is 208 Å². The topological polar surface area (TPSA) is 105 Å². The number of piperidine rings is 1. The summed E-state index contributed by atoms with van der Waals surface area (Å²) in [5.74, 6) is -0.468. The summed E-state index contributed by atoms with van der Waals surface area (Å²) < 4.78 is 19.6. The Morgan fingerprint density at radius 3 is 2.64 bits per heavy atom. The van der Waals surface area contributed by atoms with E-state index in [1.54, 1.807) is 11.0 Å². The van der Waals surface area contributed by atoms with Gasteiger partial charge in [-0.1, -0.05) is 6.42 Å². The molecule has 3 fully saturated rings. The lowest BCUT2D eigenvalue weighted by atomic mass is 9.86. The number of carbonyl (C=O) groups excluding carboxylic acids is 3. The number of nitrogens with one attached hydrogen (secondary N) is 1. The molecule has 1 saturated carbocycles. The molecule has 0 spiro atoms. The fourth-order valence-electron chi connectivity index (χ4n) is 5.93. The van der Waals surface area contributed by atoms with Crippen molar-refractivity contribution in [1.29, 1.82) is 0 Å². The maximum Gasteiger partial charge on any atom is 0.255 e. The quantitative estimate of drug-likeness (QED) is 0.637. The Kier molecular flexibility index (Phi) is 5.91. The van der Waals surface area contributed by atoms with Gasteiger partial charge in [0.15, 0.2) is 0 Å². The molecule has 4 aliphatic rings. The number of ether oxygens (including phenoxy) is 1. The molecule has 2 aromatic rings. The molecular weight excluding hydrogens is 465 g/mol. The number of hydrogen-bond donors (Lipinski definition) is 1. The molecule has 10 heteroatoms. The van der Waals surface area contributed by atoms with Crippen LogP contribution in [0.15, 0.2) is 30.6 Å². The number of likely N-dealkylation sites (tertiary alicyclic amines) is 1. The molecule has 0 radical (unpaired) electrons. The highest BCUT2D eigenvalue weighted by Gasteiger charge is 2.41. The fourth-order valence-corrected chi connectivity index (χ4v) is 5.93. The highest BCUT2D eigenvalue weighted by atomic mass is 19.1. The van der Waals surface area contributed by atoms with Gasteiger partial charge in [0.2, 0.25) is 17.8 Å². The smallest absolute Gasteiger partial charge is 0.255 e. The number of benzene rings is 1. The molecule has 4 heterocycles. The predicted octanol–water partition coefficient (Wildman–Crippen LogP) is 2.17. The minimum absolute atomic E-state index is 0.0420. The average molecular weight is 494 g/mol. The molecule has 1 aliphatic carbocycles. The van der Waals surface area contributed by atoms with Crippen molar-refractivity contribution in [3.63, 3.8) is 0 Å². The van der Waals surface area contributed by atoms with Gasteiger partial charge in [0.05, 0.1) is 18.1 Å². The van der Waals surface area contributed by atoms with Gasteiger partial charge in [0.25, 0.3) is 5.91 Å². The number of nitrogens with zero attached hydrogens (tertiary/aromatic N) is 4. The van der Waals surface area contributed by atoms with Crippen molar-refractivity contribution in [2.45, 2.75) is 69.2 Å². The van der Waals surface area contributed by atoms with E-state index in [1.165, 1.54) is 12.4 Å². The van der Waals surface area contributed by atoms with Gasteiger partial charge in [-0.15, -0.1) is 0 Å². The number of fused-ring (bicyclic) bond motifs is 1. The first-order valence-electron chi connectivity index (χ1n) is 12.6. The number of rotatable bonds is 5. The third kappa shape index (κ3) is 4.23. The van der Waals surface area contributed by atoms with Crippen molar-refractivity contribution in [2.24, 2.45) is 0 Å². The average Bonchev–Trinajstić information content (AvgIpc) is 3.16. The minimum atomic E-state index is -0.625. The van der Waals surface area contributed by atoms with Crippen LogP contribution >= 0.6 is 0 Å². The maximum atomic E-state index is 13.1. The number of hydrogen-bond acceptors (Lipinski definition) is 7. The summed E-state index contributed by atoms with van der Waals surface area (Å²) in [7, 11) is 0. The molecule has 188 valence electrons. The highest BCUT2D eigenvalue weighted by molar-refractivity contribution is 6.05. The van der Waals surface area contributed by atoms with E-state index >= 15 is 0 Å². The Hall–Kier alpha value is -3.40. The van der Waals surface area contributed by atoms with Crippen molar-refractivity contribution in [3.8, 4) is 5.75 Å². The van der Waals surface area contributed by atoms with Crippen LogP contribution in [0, 0.1) is 5.95 Å². The van der Waals surface area contributed by atoms with Gasteiger partial charge >= 0.3 is 0 Å². The summed E-state index contributed by atoms with van der Waals surface area (Å²) in [5, 5.41) is 2.34. The van der Waals surface area contributed by atoms with Crippen LogP contribution in [0.2, 0.25) is 0 Å². The van der Waals surface area contributed by atoms with Crippen molar-refractivity contribution in [1.82, 2.24) is 25.1 Å². The van der Waals surface area contributed by atoms with Gasteiger partial charge in [-0.3, -0.25) is 29.6 Å². The van der Waals surface area contributed by atoms with E-state index in [4.69, 9.17) is 4.74 Å². The predicted molar refractivity (Wildman–Crippen MR) is 125 cm³/mol. The van der Waals surface area contributed by atoms with Crippen LogP contribution < -0.4 is 10.1 Å². The zero-order valence-corrected chi connectivity index (χ0v) is 19.9. The summed E-state index contributed by atoms with van der Waals surface area (Å²) >= 11 is 0. The summed E-state index contributed by atoms with van der Waals surface area (Å²) in [6.45, 7) is 2.03. The molecule has 1 aromatic heterocycles. The van der Waals surface area contributed by atoms with Gasteiger partial charge in [0.1, 0.15) is 17.9 Å². The van der Waals surface area contributed by atoms with Crippen LogP contribution in [0.1, 0.15) is 66.1 Å². The third-order valence-electron chi connectivity index (χ3n) is 7.89. The van der Waals surface area contributed by atoms with Crippen molar-refractivity contribution in [2.75, 3.05) is 13.1 Å². The summed E-state index contributed by atoms with van der Waals surface area (Å²) in [5.41, 5.74) is 2.25. The van der Waals surface area contributed by atoms with Crippen LogP contribution in [0.5, 0.6) is 5.75 Å². The zero-order valence-electron chi connectivity index (χ0n) is 19.9. The Morgan fingerprint density at radius 1 is 1.03 bits per heavy atom. The van der Waals surface area contributed by atoms with Gasteiger partial charge in [-0.05, 0) is 49.4 Å². The van der Waals surface area contributed by atoms with E-state index in [1.807, 2.05) is 12.1 Å². The molecular formula is C26H28FN5O4. The summed E-state index contributed by atoms with van der Waals surface area (Å²) in [4.78, 5) is 48.6. The Morgan fingerprint density at radius 2 is 1.86 bits per heavy atom. The van der Waals surface area contributed by atoms with E-state index in [0.717, 1.165) is 55.8 Å². The summed E-state index contributed by atoms with van der Waals surface area (Å²) in [6.07, 6.45) is 7.59. The SMILES string of the molecule is O=C1CCC(N2Cc3cc(O[C@@H]4CCCC[C@H]4N4CC(c5cnc(F)cn5)C4)ccc3C2=O)C(=O)N1.